The van der Waals surface area contributed by atoms with Gasteiger partial charge in [-0.05, 0) is 41.8 Å². The minimum Gasteiger partial charge on any atom is -0.345 e. The normalized spacial score (nSPS) is 14.3. The number of amides is 1. The molecule has 3 aromatic heterocycles. The molecular formula is C25H19BrN4OS2. The average Bonchev–Trinajstić information content (AvgIpc) is 3.53. The van der Waals surface area contributed by atoms with Crippen molar-refractivity contribution in [2.24, 2.45) is 0 Å². The van der Waals surface area contributed by atoms with Gasteiger partial charge in [0, 0.05) is 36.0 Å². The highest BCUT2D eigenvalue weighted by Crippen LogP contribution is 2.32. The molecule has 4 heterocycles. The van der Waals surface area contributed by atoms with Crippen LogP contribution in [0.5, 0.6) is 0 Å². The number of fused-ring (bicyclic) bond motifs is 2. The molecule has 0 saturated carbocycles. The number of pyridine rings is 1. The van der Waals surface area contributed by atoms with E-state index >= 15 is 0 Å². The molecule has 33 heavy (non-hydrogen) atoms. The Morgan fingerprint density at radius 1 is 0.909 bits per heavy atom. The standard InChI is InChI=1S/C25H19BrN4OS2/c26-16-7-8-20-23(14-16)33-25(28-20)30-11-9-29(10-12-30)24(31)18-15-21(22-6-3-13-32-22)27-19-5-2-1-4-17(18)19/h1-8,13-15H,9-12H2. The third-order valence-electron chi connectivity index (χ3n) is 5.90. The molecule has 0 N–H and O–H groups in total. The molecule has 164 valence electrons. The zero-order valence-electron chi connectivity index (χ0n) is 17.6. The van der Waals surface area contributed by atoms with E-state index in [0.717, 1.165) is 55.2 Å². The van der Waals surface area contributed by atoms with E-state index < -0.39 is 0 Å². The fourth-order valence-corrected chi connectivity index (χ4v) is 6.45. The van der Waals surface area contributed by atoms with Gasteiger partial charge in [-0.2, -0.15) is 0 Å². The van der Waals surface area contributed by atoms with E-state index in [1.807, 2.05) is 64.9 Å². The predicted octanol–water partition coefficient (Wildman–Crippen LogP) is 6.30. The van der Waals surface area contributed by atoms with Gasteiger partial charge in [-0.15, -0.1) is 11.3 Å². The maximum atomic E-state index is 13.6. The van der Waals surface area contributed by atoms with Crippen LogP contribution in [0.2, 0.25) is 0 Å². The van der Waals surface area contributed by atoms with Crippen LogP contribution in [0.25, 0.3) is 31.7 Å². The summed E-state index contributed by atoms with van der Waals surface area (Å²) in [5.41, 5.74) is 3.45. The summed E-state index contributed by atoms with van der Waals surface area (Å²) in [6, 6.07) is 20.1. The monoisotopic (exact) mass is 534 g/mol. The van der Waals surface area contributed by atoms with E-state index in [9.17, 15) is 4.79 Å². The molecule has 6 rings (SSSR count). The first kappa shape index (κ1) is 20.8. The lowest BCUT2D eigenvalue weighted by atomic mass is 10.1. The van der Waals surface area contributed by atoms with E-state index in [1.54, 1.807) is 22.7 Å². The summed E-state index contributed by atoms with van der Waals surface area (Å²) in [5, 5.41) is 3.96. The maximum absolute atomic E-state index is 13.6. The number of para-hydroxylation sites is 1. The second-order valence-electron chi connectivity index (χ2n) is 7.94. The number of halogens is 1. The Bertz CT molecular complexity index is 1470. The molecule has 5 aromatic rings. The smallest absolute Gasteiger partial charge is 0.254 e. The minimum atomic E-state index is 0.0688. The predicted molar refractivity (Wildman–Crippen MR) is 140 cm³/mol. The van der Waals surface area contributed by atoms with Crippen LogP contribution in [-0.2, 0) is 0 Å². The van der Waals surface area contributed by atoms with Crippen LogP contribution >= 0.6 is 38.6 Å². The van der Waals surface area contributed by atoms with Gasteiger partial charge in [0.1, 0.15) is 0 Å². The van der Waals surface area contributed by atoms with Crippen molar-refractivity contribution in [2.75, 3.05) is 31.1 Å². The number of thiazole rings is 1. The van der Waals surface area contributed by atoms with Crippen LogP contribution in [0.3, 0.4) is 0 Å². The molecule has 1 aliphatic rings. The Balaban J connectivity index is 1.26. The van der Waals surface area contributed by atoms with Gasteiger partial charge in [0.05, 0.1) is 31.9 Å². The number of benzene rings is 2. The highest BCUT2D eigenvalue weighted by molar-refractivity contribution is 9.10. The van der Waals surface area contributed by atoms with Crippen molar-refractivity contribution in [3.05, 3.63) is 76.1 Å². The first-order chi connectivity index (χ1) is 16.2. The molecule has 0 aliphatic carbocycles. The second-order valence-corrected chi connectivity index (χ2v) is 10.8. The molecule has 8 heteroatoms. The number of piperazine rings is 1. The van der Waals surface area contributed by atoms with E-state index in [2.05, 4.69) is 26.9 Å². The molecule has 1 amide bonds. The molecule has 5 nitrogen and oxygen atoms in total. The van der Waals surface area contributed by atoms with Gasteiger partial charge in [0.25, 0.3) is 5.91 Å². The van der Waals surface area contributed by atoms with Gasteiger partial charge >= 0.3 is 0 Å². The quantitative estimate of drug-likeness (QED) is 0.272. The first-order valence-electron chi connectivity index (χ1n) is 10.7. The summed E-state index contributed by atoms with van der Waals surface area (Å²) in [4.78, 5) is 28.5. The first-order valence-corrected chi connectivity index (χ1v) is 13.2. The molecular weight excluding hydrogens is 516 g/mol. The zero-order chi connectivity index (χ0) is 22.4. The minimum absolute atomic E-state index is 0.0688. The van der Waals surface area contributed by atoms with Crippen LogP contribution in [0.1, 0.15) is 10.4 Å². The van der Waals surface area contributed by atoms with Crippen molar-refractivity contribution in [2.45, 2.75) is 0 Å². The van der Waals surface area contributed by atoms with Gasteiger partial charge < -0.3 is 9.80 Å². The molecule has 0 bridgehead atoms. The molecule has 1 saturated heterocycles. The third-order valence-corrected chi connectivity index (χ3v) is 8.36. The summed E-state index contributed by atoms with van der Waals surface area (Å²) >= 11 is 6.87. The van der Waals surface area contributed by atoms with Gasteiger partial charge in [0.15, 0.2) is 5.13 Å². The lowest BCUT2D eigenvalue weighted by molar-refractivity contribution is 0.0748. The van der Waals surface area contributed by atoms with E-state index in [4.69, 9.17) is 9.97 Å². The van der Waals surface area contributed by atoms with E-state index in [1.165, 1.54) is 4.70 Å². The summed E-state index contributed by atoms with van der Waals surface area (Å²) in [6.45, 7) is 2.88. The van der Waals surface area contributed by atoms with Crippen LogP contribution in [0.15, 0.2) is 70.5 Å². The number of carbonyl (C=O) groups is 1. The number of aromatic nitrogens is 2. The molecule has 0 unspecified atom stereocenters. The summed E-state index contributed by atoms with van der Waals surface area (Å²) in [5.74, 6) is 0.0688. The number of rotatable bonds is 3. The fraction of sp³-hybridized carbons (Fsp3) is 0.160. The lowest BCUT2D eigenvalue weighted by Gasteiger charge is -2.34. The van der Waals surface area contributed by atoms with Crippen molar-refractivity contribution in [1.29, 1.82) is 0 Å². The second kappa shape index (κ2) is 8.52. The lowest BCUT2D eigenvalue weighted by Crippen LogP contribution is -2.48. The highest BCUT2D eigenvalue weighted by atomic mass is 79.9. The molecule has 1 aliphatic heterocycles. The van der Waals surface area contributed by atoms with Gasteiger partial charge in [-0.3, -0.25) is 4.79 Å². The fourth-order valence-electron chi connectivity index (χ4n) is 4.20. The van der Waals surface area contributed by atoms with Crippen LogP contribution < -0.4 is 4.90 Å². The van der Waals surface area contributed by atoms with Crippen molar-refractivity contribution in [1.82, 2.24) is 14.9 Å². The van der Waals surface area contributed by atoms with Gasteiger partial charge in [-0.25, -0.2) is 9.97 Å². The number of thiophene rings is 1. The molecule has 2 aromatic carbocycles. The van der Waals surface area contributed by atoms with Crippen molar-refractivity contribution in [3.8, 4) is 10.6 Å². The number of carbonyl (C=O) groups excluding carboxylic acids is 1. The van der Waals surface area contributed by atoms with Crippen molar-refractivity contribution < 1.29 is 4.79 Å². The average molecular weight is 535 g/mol. The van der Waals surface area contributed by atoms with E-state index in [-0.39, 0.29) is 5.91 Å². The molecule has 0 atom stereocenters. The Morgan fingerprint density at radius 3 is 2.58 bits per heavy atom. The number of hydrogen-bond donors (Lipinski definition) is 0. The van der Waals surface area contributed by atoms with Crippen molar-refractivity contribution in [3.63, 3.8) is 0 Å². The Labute approximate surface area is 207 Å². The summed E-state index contributed by atoms with van der Waals surface area (Å²) < 4.78 is 2.23. The SMILES string of the molecule is O=C(c1cc(-c2cccs2)nc2ccccc12)N1CCN(c2nc3ccc(Br)cc3s2)CC1. The van der Waals surface area contributed by atoms with Crippen LogP contribution in [-0.4, -0.2) is 47.0 Å². The molecule has 0 spiro atoms. The third kappa shape index (κ3) is 3.92. The maximum Gasteiger partial charge on any atom is 0.254 e. The largest absolute Gasteiger partial charge is 0.345 e. The molecule has 0 radical (unpaired) electrons. The van der Waals surface area contributed by atoms with Crippen LogP contribution in [0.4, 0.5) is 5.13 Å². The summed E-state index contributed by atoms with van der Waals surface area (Å²) in [7, 11) is 0. The van der Waals surface area contributed by atoms with Gasteiger partial charge in [-0.1, -0.05) is 51.5 Å². The van der Waals surface area contributed by atoms with Crippen molar-refractivity contribution >= 4 is 70.8 Å². The number of anilines is 1. The summed E-state index contributed by atoms with van der Waals surface area (Å²) in [6.07, 6.45) is 0. The zero-order valence-corrected chi connectivity index (χ0v) is 20.8. The Kier molecular flexibility index (Phi) is 5.36. The number of nitrogens with zero attached hydrogens (tertiary/aromatic N) is 4. The molecule has 1 fully saturated rings. The Hall–Kier alpha value is -2.81. The van der Waals surface area contributed by atoms with Gasteiger partial charge in [0.2, 0.25) is 0 Å². The van der Waals surface area contributed by atoms with E-state index in [0.29, 0.717) is 13.1 Å². The number of hydrogen-bond acceptors (Lipinski definition) is 6. The highest BCUT2D eigenvalue weighted by Gasteiger charge is 2.26. The topological polar surface area (TPSA) is 49.3 Å². The van der Waals surface area contributed by atoms with Crippen LogP contribution in [0, 0.1) is 0 Å². The Morgan fingerprint density at radius 2 is 1.76 bits per heavy atom.